The van der Waals surface area contributed by atoms with Gasteiger partial charge in [0, 0.05) is 19.6 Å². The van der Waals surface area contributed by atoms with Gasteiger partial charge in [0.25, 0.3) is 0 Å². The number of hydrogen-bond acceptors (Lipinski definition) is 2. The molecule has 154 valence electrons. The van der Waals surface area contributed by atoms with Gasteiger partial charge in [0.2, 0.25) is 11.8 Å². The first-order valence-electron chi connectivity index (χ1n) is 10.7. The maximum absolute atomic E-state index is 13.0. The number of carbonyl (C=O) groups is 2. The Morgan fingerprint density at radius 2 is 1.70 bits per heavy atom. The van der Waals surface area contributed by atoms with E-state index in [4.69, 9.17) is 0 Å². The van der Waals surface area contributed by atoms with Crippen LogP contribution >= 0.6 is 0 Å². The third-order valence-electron chi connectivity index (χ3n) is 6.08. The third-order valence-corrected chi connectivity index (χ3v) is 6.08. The summed E-state index contributed by atoms with van der Waals surface area (Å²) in [6, 6.07) is 22.3. The second-order valence-corrected chi connectivity index (χ2v) is 8.14. The molecule has 3 aromatic carbocycles. The zero-order valence-corrected chi connectivity index (χ0v) is 17.4. The van der Waals surface area contributed by atoms with Gasteiger partial charge in [-0.1, -0.05) is 66.7 Å². The Bertz CT molecular complexity index is 1050. The van der Waals surface area contributed by atoms with E-state index in [0.29, 0.717) is 19.5 Å². The molecule has 4 nitrogen and oxygen atoms in total. The van der Waals surface area contributed by atoms with Crippen molar-refractivity contribution in [2.75, 3.05) is 13.1 Å². The van der Waals surface area contributed by atoms with Gasteiger partial charge in [-0.05, 0) is 47.2 Å². The number of aryl methyl sites for hydroxylation is 1. The Hall–Kier alpha value is -3.14. The molecule has 1 heterocycles. The summed E-state index contributed by atoms with van der Waals surface area (Å²) in [5.74, 6) is 0.00269. The lowest BCUT2D eigenvalue weighted by Crippen LogP contribution is -2.45. The van der Waals surface area contributed by atoms with Gasteiger partial charge >= 0.3 is 0 Å². The summed E-state index contributed by atoms with van der Waals surface area (Å²) in [6.45, 7) is 3.82. The molecule has 0 spiro atoms. The lowest BCUT2D eigenvalue weighted by atomic mass is 9.95. The van der Waals surface area contributed by atoms with E-state index in [1.54, 1.807) is 0 Å². The number of carbonyl (C=O) groups excluding carboxylic acids is 2. The van der Waals surface area contributed by atoms with Crippen LogP contribution in [0.15, 0.2) is 66.7 Å². The van der Waals surface area contributed by atoms with Crippen molar-refractivity contribution in [3.63, 3.8) is 0 Å². The molecule has 30 heavy (non-hydrogen) atoms. The predicted molar refractivity (Wildman–Crippen MR) is 120 cm³/mol. The summed E-state index contributed by atoms with van der Waals surface area (Å²) in [5, 5.41) is 5.34. The lowest BCUT2D eigenvalue weighted by Gasteiger charge is -2.32. The fraction of sp³-hybridized carbons (Fsp3) is 0.308. The van der Waals surface area contributed by atoms with Crippen LogP contribution in [0.1, 0.15) is 29.5 Å². The largest absolute Gasteiger partial charge is 0.352 e. The van der Waals surface area contributed by atoms with Gasteiger partial charge < -0.3 is 10.2 Å². The van der Waals surface area contributed by atoms with E-state index in [0.717, 1.165) is 41.3 Å². The van der Waals surface area contributed by atoms with Crippen LogP contribution in [-0.2, 0) is 22.6 Å². The highest BCUT2D eigenvalue weighted by Gasteiger charge is 2.28. The molecular formula is C26H28N2O2. The van der Waals surface area contributed by atoms with E-state index >= 15 is 0 Å². The minimum atomic E-state index is -0.140. The van der Waals surface area contributed by atoms with E-state index in [9.17, 15) is 9.59 Å². The number of nitrogens with one attached hydrogen (secondary N) is 1. The molecule has 0 aromatic heterocycles. The Labute approximate surface area is 177 Å². The first-order valence-corrected chi connectivity index (χ1v) is 10.7. The Morgan fingerprint density at radius 1 is 0.967 bits per heavy atom. The molecule has 3 aromatic rings. The smallest absolute Gasteiger partial charge is 0.227 e. The minimum absolute atomic E-state index is 0.0425. The summed E-state index contributed by atoms with van der Waals surface area (Å²) in [7, 11) is 0. The molecule has 2 amide bonds. The molecule has 4 heteroatoms. The zero-order valence-electron chi connectivity index (χ0n) is 17.4. The van der Waals surface area contributed by atoms with Crippen molar-refractivity contribution in [2.45, 2.75) is 32.7 Å². The molecule has 0 saturated carbocycles. The Balaban J connectivity index is 1.37. The highest BCUT2D eigenvalue weighted by Crippen LogP contribution is 2.22. The van der Waals surface area contributed by atoms with Crippen molar-refractivity contribution < 1.29 is 9.59 Å². The number of amides is 2. The van der Waals surface area contributed by atoms with Crippen molar-refractivity contribution >= 4 is 22.6 Å². The Kier molecular flexibility index (Phi) is 6.12. The van der Waals surface area contributed by atoms with Crippen LogP contribution in [0, 0.1) is 12.8 Å². The zero-order chi connectivity index (χ0) is 20.9. The summed E-state index contributed by atoms with van der Waals surface area (Å²) in [6.07, 6.45) is 2.07. The molecule has 1 N–H and O–H groups in total. The fourth-order valence-electron chi connectivity index (χ4n) is 4.27. The summed E-state index contributed by atoms with van der Waals surface area (Å²) in [4.78, 5) is 27.6. The van der Waals surface area contributed by atoms with Crippen LogP contribution in [-0.4, -0.2) is 29.8 Å². The first-order chi connectivity index (χ1) is 14.6. The fourth-order valence-corrected chi connectivity index (χ4v) is 4.27. The summed E-state index contributed by atoms with van der Waals surface area (Å²) >= 11 is 0. The van der Waals surface area contributed by atoms with Crippen LogP contribution in [0.25, 0.3) is 10.8 Å². The molecule has 1 atom stereocenters. The maximum atomic E-state index is 13.0. The number of hydrogen-bond donors (Lipinski definition) is 1. The highest BCUT2D eigenvalue weighted by molar-refractivity contribution is 5.90. The average Bonchev–Trinajstić information content (AvgIpc) is 2.78. The lowest BCUT2D eigenvalue weighted by molar-refractivity contribution is -0.135. The van der Waals surface area contributed by atoms with Crippen molar-refractivity contribution in [3.8, 4) is 0 Å². The van der Waals surface area contributed by atoms with Gasteiger partial charge in [0.05, 0.1) is 12.3 Å². The molecule has 0 bridgehead atoms. The topological polar surface area (TPSA) is 49.4 Å². The van der Waals surface area contributed by atoms with Crippen molar-refractivity contribution in [3.05, 3.63) is 83.4 Å². The molecule has 1 aliphatic rings. The molecule has 0 radical (unpaired) electrons. The van der Waals surface area contributed by atoms with E-state index in [1.165, 1.54) is 5.56 Å². The number of likely N-dealkylation sites (tertiary alicyclic amines) is 1. The summed E-state index contributed by atoms with van der Waals surface area (Å²) < 4.78 is 0. The van der Waals surface area contributed by atoms with Gasteiger partial charge in [0.15, 0.2) is 0 Å². The molecule has 4 rings (SSSR count). The minimum Gasteiger partial charge on any atom is -0.352 e. The predicted octanol–water partition coefficient (Wildman–Crippen LogP) is 4.25. The van der Waals surface area contributed by atoms with E-state index in [-0.39, 0.29) is 17.7 Å². The maximum Gasteiger partial charge on any atom is 0.227 e. The van der Waals surface area contributed by atoms with Crippen molar-refractivity contribution in [1.29, 1.82) is 0 Å². The first kappa shape index (κ1) is 20.1. The van der Waals surface area contributed by atoms with Crippen molar-refractivity contribution in [1.82, 2.24) is 10.2 Å². The quantitative estimate of drug-likeness (QED) is 0.696. The number of piperidine rings is 1. The van der Waals surface area contributed by atoms with Crippen LogP contribution in [0.4, 0.5) is 0 Å². The van der Waals surface area contributed by atoms with E-state index in [1.807, 2.05) is 47.4 Å². The van der Waals surface area contributed by atoms with Gasteiger partial charge in [-0.15, -0.1) is 0 Å². The normalized spacial score (nSPS) is 16.4. The van der Waals surface area contributed by atoms with Crippen LogP contribution in [0.3, 0.4) is 0 Å². The van der Waals surface area contributed by atoms with E-state index in [2.05, 4.69) is 36.5 Å². The monoisotopic (exact) mass is 400 g/mol. The molecule has 1 fully saturated rings. The van der Waals surface area contributed by atoms with Gasteiger partial charge in [-0.25, -0.2) is 0 Å². The van der Waals surface area contributed by atoms with Gasteiger partial charge in [0.1, 0.15) is 0 Å². The van der Waals surface area contributed by atoms with E-state index < -0.39 is 0 Å². The number of fused-ring (bicyclic) bond motifs is 1. The van der Waals surface area contributed by atoms with Crippen LogP contribution in [0.2, 0.25) is 0 Å². The summed E-state index contributed by atoms with van der Waals surface area (Å²) in [5.41, 5.74) is 3.35. The SMILES string of the molecule is Cc1ccccc1CNC(=O)C1CCCN(C(=O)Cc2cccc3ccccc23)C1. The third kappa shape index (κ3) is 4.54. The van der Waals surface area contributed by atoms with Gasteiger partial charge in [-0.2, -0.15) is 0 Å². The molecule has 1 saturated heterocycles. The number of nitrogens with zero attached hydrogens (tertiary/aromatic N) is 1. The second kappa shape index (κ2) is 9.12. The molecule has 0 aliphatic carbocycles. The molecular weight excluding hydrogens is 372 g/mol. The second-order valence-electron chi connectivity index (χ2n) is 8.14. The number of benzene rings is 3. The van der Waals surface area contributed by atoms with Crippen molar-refractivity contribution in [2.24, 2.45) is 5.92 Å². The van der Waals surface area contributed by atoms with Gasteiger partial charge in [-0.3, -0.25) is 9.59 Å². The standard InChI is InChI=1S/C26H28N2O2/c1-19-8-2-3-10-22(19)17-27-26(30)23-13-7-15-28(18-23)25(29)16-21-12-6-11-20-9-4-5-14-24(20)21/h2-6,8-12,14,23H,7,13,15-18H2,1H3,(H,27,30). The molecule has 1 aliphatic heterocycles. The highest BCUT2D eigenvalue weighted by atomic mass is 16.2. The molecule has 1 unspecified atom stereocenters. The average molecular weight is 401 g/mol. The number of rotatable bonds is 5. The van der Waals surface area contributed by atoms with Crippen LogP contribution in [0.5, 0.6) is 0 Å². The van der Waals surface area contributed by atoms with Crippen LogP contribution < -0.4 is 5.32 Å². The Morgan fingerprint density at radius 3 is 2.57 bits per heavy atom.